The Labute approximate surface area is 87.7 Å². The summed E-state index contributed by atoms with van der Waals surface area (Å²) < 4.78 is 5.49. The van der Waals surface area contributed by atoms with Gasteiger partial charge >= 0.3 is 0 Å². The molecule has 4 heteroatoms. The van der Waals surface area contributed by atoms with Gasteiger partial charge in [-0.25, -0.2) is 4.98 Å². The molecule has 1 aliphatic rings. The molecule has 0 saturated carbocycles. The lowest BCUT2D eigenvalue weighted by atomic mass is 10.1. The molecule has 1 aliphatic heterocycles. The standard InChI is InChI=1S/C10H15NO2S/c12-10(9-6-14-7-11-9)4-3-8-2-1-5-13-8/h6-8,10,12H,1-5H2. The highest BCUT2D eigenvalue weighted by molar-refractivity contribution is 7.07. The molecule has 0 amide bonds. The molecule has 1 aromatic rings. The minimum absolute atomic E-state index is 0.364. The fourth-order valence-electron chi connectivity index (χ4n) is 1.75. The van der Waals surface area contributed by atoms with E-state index in [0.29, 0.717) is 6.10 Å². The summed E-state index contributed by atoms with van der Waals surface area (Å²) in [6, 6.07) is 0. The van der Waals surface area contributed by atoms with Crippen LogP contribution in [0.4, 0.5) is 0 Å². The summed E-state index contributed by atoms with van der Waals surface area (Å²) in [5, 5.41) is 11.7. The average molecular weight is 213 g/mol. The number of aliphatic hydroxyl groups excluding tert-OH is 1. The van der Waals surface area contributed by atoms with Gasteiger partial charge in [-0.05, 0) is 25.7 Å². The molecule has 14 heavy (non-hydrogen) atoms. The molecule has 0 spiro atoms. The first-order valence-electron chi connectivity index (χ1n) is 5.04. The third kappa shape index (κ3) is 2.53. The van der Waals surface area contributed by atoms with E-state index in [1.54, 1.807) is 5.51 Å². The number of hydrogen-bond acceptors (Lipinski definition) is 4. The van der Waals surface area contributed by atoms with Crippen LogP contribution in [0.25, 0.3) is 0 Å². The smallest absolute Gasteiger partial charge is 0.0969 e. The molecule has 1 N–H and O–H groups in total. The van der Waals surface area contributed by atoms with Crippen LogP contribution in [0.2, 0.25) is 0 Å². The highest BCUT2D eigenvalue weighted by Gasteiger charge is 2.18. The van der Waals surface area contributed by atoms with Gasteiger partial charge < -0.3 is 9.84 Å². The van der Waals surface area contributed by atoms with Crippen LogP contribution in [0.1, 0.15) is 37.5 Å². The van der Waals surface area contributed by atoms with Gasteiger partial charge in [0.1, 0.15) is 0 Å². The van der Waals surface area contributed by atoms with Crippen molar-refractivity contribution in [3.8, 4) is 0 Å². The van der Waals surface area contributed by atoms with E-state index in [1.165, 1.54) is 11.3 Å². The van der Waals surface area contributed by atoms with E-state index in [9.17, 15) is 5.11 Å². The summed E-state index contributed by atoms with van der Waals surface area (Å²) in [6.07, 6.45) is 3.96. The van der Waals surface area contributed by atoms with Gasteiger partial charge in [0.15, 0.2) is 0 Å². The number of ether oxygens (including phenoxy) is 1. The van der Waals surface area contributed by atoms with Gasteiger partial charge in [-0.15, -0.1) is 11.3 Å². The van der Waals surface area contributed by atoms with Gasteiger partial charge in [0, 0.05) is 12.0 Å². The predicted octanol–water partition coefficient (Wildman–Crippen LogP) is 2.14. The zero-order valence-corrected chi connectivity index (χ0v) is 8.87. The zero-order chi connectivity index (χ0) is 9.80. The van der Waals surface area contributed by atoms with E-state index in [1.807, 2.05) is 5.38 Å². The number of rotatable bonds is 4. The fourth-order valence-corrected chi connectivity index (χ4v) is 2.35. The number of aromatic nitrogens is 1. The maximum Gasteiger partial charge on any atom is 0.0969 e. The van der Waals surface area contributed by atoms with Gasteiger partial charge in [0.2, 0.25) is 0 Å². The molecule has 2 unspecified atom stereocenters. The second-order valence-electron chi connectivity index (χ2n) is 3.64. The van der Waals surface area contributed by atoms with E-state index in [4.69, 9.17) is 4.74 Å². The summed E-state index contributed by atoms with van der Waals surface area (Å²) in [6.45, 7) is 0.886. The van der Waals surface area contributed by atoms with Crippen molar-refractivity contribution in [1.82, 2.24) is 4.98 Å². The van der Waals surface area contributed by atoms with Crippen molar-refractivity contribution < 1.29 is 9.84 Å². The van der Waals surface area contributed by atoms with Gasteiger partial charge in [-0.1, -0.05) is 0 Å². The summed E-state index contributed by atoms with van der Waals surface area (Å²) in [5.41, 5.74) is 2.55. The van der Waals surface area contributed by atoms with Crippen LogP contribution in [0.15, 0.2) is 10.9 Å². The molecule has 2 rings (SSSR count). The Morgan fingerprint density at radius 3 is 3.29 bits per heavy atom. The van der Waals surface area contributed by atoms with E-state index >= 15 is 0 Å². The second kappa shape index (κ2) is 4.87. The molecule has 1 aromatic heterocycles. The highest BCUT2D eigenvalue weighted by Crippen LogP contribution is 2.23. The quantitative estimate of drug-likeness (QED) is 0.833. The lowest BCUT2D eigenvalue weighted by Crippen LogP contribution is -2.08. The molecule has 2 atom stereocenters. The Morgan fingerprint density at radius 1 is 1.71 bits per heavy atom. The van der Waals surface area contributed by atoms with E-state index in [-0.39, 0.29) is 0 Å². The largest absolute Gasteiger partial charge is 0.387 e. The number of hydrogen-bond donors (Lipinski definition) is 1. The molecule has 0 aliphatic carbocycles. The highest BCUT2D eigenvalue weighted by atomic mass is 32.1. The molecule has 3 nitrogen and oxygen atoms in total. The Bertz CT molecular complexity index is 257. The van der Waals surface area contributed by atoms with Gasteiger partial charge in [-0.2, -0.15) is 0 Å². The Balaban J connectivity index is 1.74. The van der Waals surface area contributed by atoms with Crippen LogP contribution >= 0.6 is 11.3 Å². The first-order valence-corrected chi connectivity index (χ1v) is 5.98. The van der Waals surface area contributed by atoms with Crippen molar-refractivity contribution >= 4 is 11.3 Å². The van der Waals surface area contributed by atoms with Crippen molar-refractivity contribution in [2.75, 3.05) is 6.61 Å². The molecule has 0 bridgehead atoms. The van der Waals surface area contributed by atoms with E-state index in [0.717, 1.165) is 38.0 Å². The molecule has 0 aromatic carbocycles. The summed E-state index contributed by atoms with van der Waals surface area (Å²) in [4.78, 5) is 4.09. The predicted molar refractivity (Wildman–Crippen MR) is 55.3 cm³/mol. The van der Waals surface area contributed by atoms with Crippen molar-refractivity contribution in [1.29, 1.82) is 0 Å². The number of nitrogens with zero attached hydrogens (tertiary/aromatic N) is 1. The van der Waals surface area contributed by atoms with Crippen LogP contribution in [-0.4, -0.2) is 22.8 Å². The number of aliphatic hydroxyl groups is 1. The average Bonchev–Trinajstić information content (AvgIpc) is 2.87. The van der Waals surface area contributed by atoms with Gasteiger partial charge in [0.05, 0.1) is 23.4 Å². The van der Waals surface area contributed by atoms with Crippen molar-refractivity contribution in [3.05, 3.63) is 16.6 Å². The van der Waals surface area contributed by atoms with E-state index in [2.05, 4.69) is 4.98 Å². The molecule has 1 fully saturated rings. The zero-order valence-electron chi connectivity index (χ0n) is 8.06. The molecular weight excluding hydrogens is 198 g/mol. The summed E-state index contributed by atoms with van der Waals surface area (Å²) in [7, 11) is 0. The minimum Gasteiger partial charge on any atom is -0.387 e. The van der Waals surface area contributed by atoms with Crippen LogP contribution in [0, 0.1) is 0 Å². The monoisotopic (exact) mass is 213 g/mol. The van der Waals surface area contributed by atoms with Crippen LogP contribution in [0.5, 0.6) is 0 Å². The van der Waals surface area contributed by atoms with Crippen molar-refractivity contribution in [2.24, 2.45) is 0 Å². The maximum absolute atomic E-state index is 9.76. The SMILES string of the molecule is OC(CCC1CCCO1)c1cscn1. The number of thiazole rings is 1. The van der Waals surface area contributed by atoms with Gasteiger partial charge in [-0.3, -0.25) is 0 Å². The molecule has 78 valence electrons. The molecule has 0 radical (unpaired) electrons. The lowest BCUT2D eigenvalue weighted by molar-refractivity contribution is 0.0803. The van der Waals surface area contributed by atoms with Crippen LogP contribution in [0.3, 0.4) is 0 Å². The topological polar surface area (TPSA) is 42.4 Å². The molecule has 2 heterocycles. The molecular formula is C10H15NO2S. The fraction of sp³-hybridized carbons (Fsp3) is 0.700. The van der Waals surface area contributed by atoms with E-state index < -0.39 is 6.10 Å². The lowest BCUT2D eigenvalue weighted by Gasteiger charge is -2.11. The minimum atomic E-state index is -0.412. The first-order chi connectivity index (χ1) is 6.86. The Morgan fingerprint density at radius 2 is 2.64 bits per heavy atom. The first kappa shape index (κ1) is 10.1. The third-order valence-electron chi connectivity index (χ3n) is 2.58. The summed E-state index contributed by atoms with van der Waals surface area (Å²) in [5.74, 6) is 0. The normalized spacial score (nSPS) is 23.9. The maximum atomic E-state index is 9.76. The van der Waals surface area contributed by atoms with Gasteiger partial charge in [0.25, 0.3) is 0 Å². The molecule has 1 saturated heterocycles. The van der Waals surface area contributed by atoms with Crippen molar-refractivity contribution in [2.45, 2.75) is 37.9 Å². The second-order valence-corrected chi connectivity index (χ2v) is 4.36. The van der Waals surface area contributed by atoms with Crippen molar-refractivity contribution in [3.63, 3.8) is 0 Å². The van der Waals surface area contributed by atoms with Crippen LogP contribution < -0.4 is 0 Å². The summed E-state index contributed by atoms with van der Waals surface area (Å²) >= 11 is 1.52. The third-order valence-corrected chi connectivity index (χ3v) is 3.18. The Kier molecular flexibility index (Phi) is 3.50. The Hall–Kier alpha value is -0.450. The van der Waals surface area contributed by atoms with Crippen LogP contribution in [-0.2, 0) is 4.74 Å².